The van der Waals surface area contributed by atoms with E-state index in [1.165, 1.54) is 23.9 Å². The summed E-state index contributed by atoms with van der Waals surface area (Å²) in [7, 11) is 0. The smallest absolute Gasteiger partial charge is 0.323 e. The molecule has 0 unspecified atom stereocenters. The van der Waals surface area contributed by atoms with Gasteiger partial charge in [-0.1, -0.05) is 104 Å². The van der Waals surface area contributed by atoms with Crippen LogP contribution >= 0.6 is 0 Å². The molecule has 6 aromatic heterocycles. The lowest BCUT2D eigenvalue weighted by molar-refractivity contribution is -0.140. The summed E-state index contributed by atoms with van der Waals surface area (Å²) < 4.78 is 5.19. The number of carbonyl (C=O) groups excluding carboxylic acids is 3. The molecule has 0 atom stereocenters. The SMILES string of the molecule is CC(C)C(=O)c1c[nH]c(=O)[nH]1.CC(C)C(=O)c1ccc[nH]1.CC(C)C(=O)c1cn[nH]c1.CC(C)c1c[nH]c(=O)[nH]1.CC(C)c1cn[nH]c1.CC(C)c1cnc[nH]1.CCC1(C(C)C)COC1. The fourth-order valence-corrected chi connectivity index (χ4v) is 5.42. The van der Waals surface area contributed by atoms with Crippen LogP contribution in [0.25, 0.3) is 0 Å². The Kier molecular flexibility index (Phi) is 25.7. The molecule has 7 heterocycles. The molecular weight excluding hydrogens is 827 g/mol. The number of ether oxygens (including phenoxy) is 1. The van der Waals surface area contributed by atoms with Gasteiger partial charge in [0.05, 0.1) is 43.2 Å². The Morgan fingerprint density at radius 3 is 1.45 bits per heavy atom. The van der Waals surface area contributed by atoms with Crippen molar-refractivity contribution in [2.75, 3.05) is 13.2 Å². The van der Waals surface area contributed by atoms with Crippen LogP contribution in [0, 0.1) is 29.1 Å². The lowest BCUT2D eigenvalue weighted by atomic mass is 9.73. The lowest BCUT2D eigenvalue weighted by Gasteiger charge is -2.44. The van der Waals surface area contributed by atoms with E-state index in [0.717, 1.165) is 24.8 Å². The minimum absolute atomic E-state index is 0.0525. The van der Waals surface area contributed by atoms with E-state index >= 15 is 0 Å². The van der Waals surface area contributed by atoms with Gasteiger partial charge in [0.1, 0.15) is 5.69 Å². The summed E-state index contributed by atoms with van der Waals surface area (Å²) in [4.78, 5) is 74.3. The Morgan fingerprint density at radius 2 is 1.17 bits per heavy atom. The standard InChI is InChI=1S/C8H11NO.C8H16O.C7H10N2O2.C7H10N2O.C6H10N2O.2C6H10N2/c1-6(2)8(10)7-4-3-5-9-7;1-4-8(7(2)3)5-9-6-8;1-4(2)6(10)5-3-8-7(11)9-5;1-5(2)7(10)6-3-8-9-4-6;1-4(2)5-3-7-6(9)8-5;1-5(2)6-3-7-4-8-6;1-5(2)6-3-7-8-4-6/h3-6,9H,1-2H3;7H,4-6H2,1-3H3;3-4H,1-2H3,(H2,8,9,11);3-5H,1-2H3,(H,8,9);3-4H,1-2H3,(H2,7,8,9);2*3-5H,1-2H3,(H,7,8). The summed E-state index contributed by atoms with van der Waals surface area (Å²) in [5.41, 5.74) is 5.22. The highest BCUT2D eigenvalue weighted by Gasteiger charge is 2.39. The third-order valence-electron chi connectivity index (χ3n) is 10.4. The van der Waals surface area contributed by atoms with Gasteiger partial charge in [-0.2, -0.15) is 10.2 Å². The zero-order valence-electron chi connectivity index (χ0n) is 41.3. The number of imidazole rings is 3. The molecule has 65 heavy (non-hydrogen) atoms. The molecule has 0 saturated carbocycles. The lowest BCUT2D eigenvalue weighted by Crippen LogP contribution is -2.46. The monoisotopic (exact) mass is 904 g/mol. The van der Waals surface area contributed by atoms with Crippen molar-refractivity contribution in [2.24, 2.45) is 29.1 Å². The molecule has 360 valence electrons. The van der Waals surface area contributed by atoms with Crippen molar-refractivity contribution in [3.05, 3.63) is 123 Å². The quantitative estimate of drug-likeness (QED) is 0.0575. The van der Waals surface area contributed by atoms with Gasteiger partial charge in [0, 0.05) is 71.7 Å². The number of hydrogen-bond acceptors (Lipinski definition) is 9. The Morgan fingerprint density at radius 1 is 0.615 bits per heavy atom. The molecule has 1 aliphatic heterocycles. The molecule has 0 amide bonds. The van der Waals surface area contributed by atoms with Crippen LogP contribution in [0.2, 0.25) is 0 Å². The molecule has 0 radical (unpaired) electrons. The second kappa shape index (κ2) is 29.4. The first-order chi connectivity index (χ1) is 30.6. The fourth-order valence-electron chi connectivity index (χ4n) is 5.42. The Hall–Kier alpha value is -6.10. The average molecular weight is 904 g/mol. The van der Waals surface area contributed by atoms with Crippen molar-refractivity contribution in [2.45, 2.75) is 128 Å². The Labute approximate surface area is 384 Å². The number of aromatic amines is 8. The van der Waals surface area contributed by atoms with Crippen molar-refractivity contribution in [1.82, 2.24) is 55.3 Å². The molecule has 7 rings (SSSR count). The number of nitrogens with one attached hydrogen (secondary N) is 8. The maximum absolute atomic E-state index is 11.2. The summed E-state index contributed by atoms with van der Waals surface area (Å²) in [6, 6.07) is 3.62. The molecule has 0 bridgehead atoms. The Balaban J connectivity index is 0.000000380. The van der Waals surface area contributed by atoms with Gasteiger partial charge in [-0.25, -0.2) is 14.6 Å². The van der Waals surface area contributed by atoms with Gasteiger partial charge in [-0.15, -0.1) is 0 Å². The predicted molar refractivity (Wildman–Crippen MR) is 258 cm³/mol. The normalized spacial score (nSPS) is 12.3. The minimum atomic E-state index is -0.339. The number of nitrogens with zero attached hydrogens (tertiary/aromatic N) is 3. The summed E-state index contributed by atoms with van der Waals surface area (Å²) in [6.45, 7) is 32.5. The van der Waals surface area contributed by atoms with Crippen molar-refractivity contribution in [3.63, 3.8) is 0 Å². The van der Waals surface area contributed by atoms with Gasteiger partial charge < -0.3 is 34.6 Å². The molecule has 8 N–H and O–H groups in total. The summed E-state index contributed by atoms with van der Waals surface area (Å²) in [6.07, 6.45) is 16.6. The van der Waals surface area contributed by atoms with E-state index in [0.29, 0.717) is 40.1 Å². The van der Waals surface area contributed by atoms with E-state index in [1.54, 1.807) is 51.0 Å². The largest absolute Gasteiger partial charge is 0.380 e. The van der Waals surface area contributed by atoms with Crippen molar-refractivity contribution in [3.8, 4) is 0 Å². The molecule has 6 aromatic rings. The predicted octanol–water partition coefficient (Wildman–Crippen LogP) is 9.61. The zero-order chi connectivity index (χ0) is 49.3. The molecule has 0 spiro atoms. The van der Waals surface area contributed by atoms with E-state index in [1.807, 2.05) is 66.2 Å². The zero-order valence-corrected chi connectivity index (χ0v) is 41.3. The summed E-state index contributed by atoms with van der Waals surface area (Å²) in [5.74, 6) is 2.64. The topological polar surface area (TPSA) is 260 Å². The second-order valence-electron chi connectivity index (χ2n) is 17.8. The Bertz CT molecular complexity index is 2140. The first-order valence-corrected chi connectivity index (χ1v) is 22.4. The first kappa shape index (κ1) is 56.9. The summed E-state index contributed by atoms with van der Waals surface area (Å²) in [5, 5.41) is 12.9. The van der Waals surface area contributed by atoms with E-state index in [9.17, 15) is 24.0 Å². The van der Waals surface area contributed by atoms with Gasteiger partial charge in [0.25, 0.3) is 0 Å². The second-order valence-corrected chi connectivity index (χ2v) is 17.8. The van der Waals surface area contributed by atoms with Crippen molar-refractivity contribution >= 4 is 17.3 Å². The third-order valence-corrected chi connectivity index (χ3v) is 10.4. The highest BCUT2D eigenvalue weighted by atomic mass is 16.5. The number of hydrogen-bond donors (Lipinski definition) is 8. The van der Waals surface area contributed by atoms with Gasteiger partial charge in [-0.3, -0.25) is 24.6 Å². The van der Waals surface area contributed by atoms with Crippen molar-refractivity contribution < 1.29 is 19.1 Å². The van der Waals surface area contributed by atoms with Crippen LogP contribution in [0.15, 0.2) is 77.6 Å². The molecule has 17 nitrogen and oxygen atoms in total. The number of rotatable bonds is 11. The van der Waals surface area contributed by atoms with Crippen LogP contribution in [-0.2, 0) is 4.74 Å². The van der Waals surface area contributed by atoms with Crippen molar-refractivity contribution in [1.29, 1.82) is 0 Å². The number of ketones is 3. The maximum Gasteiger partial charge on any atom is 0.323 e. The highest BCUT2D eigenvalue weighted by Crippen LogP contribution is 2.38. The van der Waals surface area contributed by atoms with Crippen LogP contribution in [-0.4, -0.2) is 85.8 Å². The van der Waals surface area contributed by atoms with E-state index in [2.05, 4.69) is 104 Å². The maximum atomic E-state index is 11.2. The van der Waals surface area contributed by atoms with E-state index in [-0.39, 0.29) is 46.5 Å². The summed E-state index contributed by atoms with van der Waals surface area (Å²) >= 11 is 0. The first-order valence-electron chi connectivity index (χ1n) is 22.4. The van der Waals surface area contributed by atoms with E-state index < -0.39 is 0 Å². The molecule has 1 fully saturated rings. The van der Waals surface area contributed by atoms with Gasteiger partial charge in [0.2, 0.25) is 0 Å². The number of Topliss-reactive ketones (excluding diaryl/α,β-unsaturated/α-hetero) is 3. The number of carbonyl (C=O) groups is 3. The fraction of sp³-hybridized carbons (Fsp3) is 0.542. The minimum Gasteiger partial charge on any atom is -0.380 e. The molecule has 0 aromatic carbocycles. The van der Waals surface area contributed by atoms with Gasteiger partial charge in [-0.05, 0) is 47.8 Å². The van der Waals surface area contributed by atoms with Crippen LogP contribution in [0.1, 0.15) is 176 Å². The molecule has 17 heteroatoms. The molecule has 0 aliphatic carbocycles. The van der Waals surface area contributed by atoms with Crippen LogP contribution < -0.4 is 11.4 Å². The van der Waals surface area contributed by atoms with Gasteiger partial charge >= 0.3 is 11.4 Å². The number of H-pyrrole nitrogens is 8. The van der Waals surface area contributed by atoms with Crippen LogP contribution in [0.4, 0.5) is 0 Å². The van der Waals surface area contributed by atoms with Crippen LogP contribution in [0.3, 0.4) is 0 Å². The average Bonchev–Trinajstić information content (AvgIpc) is 4.08. The molecule has 1 aliphatic rings. The van der Waals surface area contributed by atoms with E-state index in [4.69, 9.17) is 4.74 Å². The highest BCUT2D eigenvalue weighted by molar-refractivity contribution is 5.97. The number of aromatic nitrogens is 11. The third kappa shape index (κ3) is 21.0. The molecule has 1 saturated heterocycles. The van der Waals surface area contributed by atoms with Gasteiger partial charge in [0.15, 0.2) is 17.3 Å². The van der Waals surface area contributed by atoms with Crippen LogP contribution in [0.5, 0.6) is 0 Å². The molecular formula is C48H77N11O6.